The molecule has 18 heavy (non-hydrogen) atoms. The number of fused-ring (bicyclic) bond motifs is 1. The summed E-state index contributed by atoms with van der Waals surface area (Å²) in [6.45, 7) is 3.68. The average molecular weight is 315 g/mol. The lowest BCUT2D eigenvalue weighted by Crippen LogP contribution is -2.33. The summed E-state index contributed by atoms with van der Waals surface area (Å²) in [5.74, 6) is -0.756. The number of hydrogen-bond donors (Lipinski definition) is 0. The van der Waals surface area contributed by atoms with Gasteiger partial charge in [0.15, 0.2) is 0 Å². The molecular formula is C14H16BrFO2. The van der Waals surface area contributed by atoms with Crippen LogP contribution in [0.4, 0.5) is 4.39 Å². The summed E-state index contributed by atoms with van der Waals surface area (Å²) in [7, 11) is 0. The summed E-state index contributed by atoms with van der Waals surface area (Å²) in [6.07, 6.45) is 1.16. The van der Waals surface area contributed by atoms with E-state index in [0.29, 0.717) is 18.4 Å². The zero-order valence-corrected chi connectivity index (χ0v) is 12.1. The van der Waals surface area contributed by atoms with E-state index >= 15 is 0 Å². The van der Waals surface area contributed by atoms with Crippen LogP contribution in [-0.2, 0) is 21.6 Å². The Labute approximate surface area is 115 Å². The van der Waals surface area contributed by atoms with Crippen LogP contribution in [0.3, 0.4) is 0 Å². The molecule has 1 aliphatic rings. The fraction of sp³-hybridized carbons (Fsp3) is 0.500. The predicted octanol–water partition coefficient (Wildman–Crippen LogP) is 3.90. The molecule has 0 saturated carbocycles. The molecule has 2 atom stereocenters. The highest BCUT2D eigenvalue weighted by Gasteiger charge is 2.48. The molecule has 0 saturated heterocycles. The highest BCUT2D eigenvalue weighted by Crippen LogP contribution is 2.44. The van der Waals surface area contributed by atoms with Gasteiger partial charge in [-0.15, -0.1) is 0 Å². The number of alkyl halides is 1. The minimum atomic E-state index is -1.98. The van der Waals surface area contributed by atoms with Crippen molar-refractivity contribution in [2.45, 2.75) is 44.9 Å². The standard InChI is InChI=1S/C14H16BrFO2/c1-3-9(2)18-13(17)14(16)8-7-10-11(14)5-4-6-12(10)15/h4-6,9H,3,7-8H2,1-2H3. The first-order valence-electron chi connectivity index (χ1n) is 6.17. The van der Waals surface area contributed by atoms with Gasteiger partial charge in [-0.05, 0) is 31.4 Å². The maximum absolute atomic E-state index is 14.9. The van der Waals surface area contributed by atoms with E-state index in [1.807, 2.05) is 13.0 Å². The zero-order chi connectivity index (χ0) is 13.3. The van der Waals surface area contributed by atoms with E-state index < -0.39 is 11.6 Å². The van der Waals surface area contributed by atoms with Gasteiger partial charge in [0.05, 0.1) is 6.10 Å². The Morgan fingerprint density at radius 3 is 3.00 bits per heavy atom. The van der Waals surface area contributed by atoms with Crippen LogP contribution in [0.1, 0.15) is 37.8 Å². The lowest BCUT2D eigenvalue weighted by molar-refractivity contribution is -0.163. The molecule has 1 aromatic rings. The van der Waals surface area contributed by atoms with Crippen molar-refractivity contribution in [3.05, 3.63) is 33.8 Å². The fourth-order valence-electron chi connectivity index (χ4n) is 2.19. The van der Waals surface area contributed by atoms with Crippen LogP contribution in [-0.4, -0.2) is 12.1 Å². The Kier molecular flexibility index (Phi) is 3.76. The van der Waals surface area contributed by atoms with Crippen LogP contribution in [0.25, 0.3) is 0 Å². The topological polar surface area (TPSA) is 26.3 Å². The number of esters is 1. The van der Waals surface area contributed by atoms with Gasteiger partial charge in [0.25, 0.3) is 0 Å². The molecule has 1 aliphatic carbocycles. The van der Waals surface area contributed by atoms with Crippen LogP contribution in [0, 0.1) is 0 Å². The number of hydrogen-bond acceptors (Lipinski definition) is 2. The van der Waals surface area contributed by atoms with Crippen molar-refractivity contribution in [2.24, 2.45) is 0 Å². The van der Waals surface area contributed by atoms with Crippen LogP contribution >= 0.6 is 15.9 Å². The van der Waals surface area contributed by atoms with Crippen LogP contribution < -0.4 is 0 Å². The molecule has 2 rings (SSSR count). The molecule has 0 bridgehead atoms. The van der Waals surface area contributed by atoms with Crippen molar-refractivity contribution < 1.29 is 13.9 Å². The van der Waals surface area contributed by atoms with Crippen LogP contribution in [0.5, 0.6) is 0 Å². The van der Waals surface area contributed by atoms with E-state index in [1.54, 1.807) is 19.1 Å². The van der Waals surface area contributed by atoms with Gasteiger partial charge in [0.1, 0.15) is 0 Å². The monoisotopic (exact) mass is 314 g/mol. The largest absolute Gasteiger partial charge is 0.460 e. The summed E-state index contributed by atoms with van der Waals surface area (Å²) in [5.41, 5.74) is -0.658. The Morgan fingerprint density at radius 2 is 2.33 bits per heavy atom. The second-order valence-electron chi connectivity index (χ2n) is 4.69. The molecule has 1 aromatic carbocycles. The van der Waals surface area contributed by atoms with Crippen molar-refractivity contribution in [1.82, 2.24) is 0 Å². The molecule has 0 fully saturated rings. The van der Waals surface area contributed by atoms with E-state index in [-0.39, 0.29) is 12.5 Å². The smallest absolute Gasteiger partial charge is 0.348 e. The molecule has 0 aromatic heterocycles. The van der Waals surface area contributed by atoms with Crippen molar-refractivity contribution >= 4 is 21.9 Å². The summed E-state index contributed by atoms with van der Waals surface area (Å²) in [5, 5.41) is 0. The first kappa shape index (κ1) is 13.5. The lowest BCUT2D eigenvalue weighted by atomic mass is 9.98. The Hall–Kier alpha value is -0.900. The average Bonchev–Trinajstić information content (AvgIpc) is 2.70. The van der Waals surface area contributed by atoms with Gasteiger partial charge < -0.3 is 4.74 Å². The lowest BCUT2D eigenvalue weighted by Gasteiger charge is -2.21. The molecule has 0 heterocycles. The Balaban J connectivity index is 2.30. The van der Waals surface area contributed by atoms with E-state index in [1.165, 1.54) is 0 Å². The molecule has 0 amide bonds. The third-order valence-electron chi connectivity index (χ3n) is 3.47. The minimum Gasteiger partial charge on any atom is -0.460 e. The van der Waals surface area contributed by atoms with Gasteiger partial charge in [-0.3, -0.25) is 0 Å². The molecule has 0 aliphatic heterocycles. The second kappa shape index (κ2) is 5.00. The van der Waals surface area contributed by atoms with Gasteiger partial charge >= 0.3 is 5.97 Å². The fourth-order valence-corrected chi connectivity index (χ4v) is 2.75. The van der Waals surface area contributed by atoms with Gasteiger partial charge in [0, 0.05) is 16.5 Å². The van der Waals surface area contributed by atoms with E-state index in [0.717, 1.165) is 10.0 Å². The van der Waals surface area contributed by atoms with Gasteiger partial charge in [0.2, 0.25) is 5.67 Å². The molecule has 2 nitrogen and oxygen atoms in total. The summed E-state index contributed by atoms with van der Waals surface area (Å²) in [4.78, 5) is 12.0. The number of halogens is 2. The SMILES string of the molecule is CCC(C)OC(=O)C1(F)CCc2c(Br)cccc21. The minimum absolute atomic E-state index is 0.167. The summed E-state index contributed by atoms with van der Waals surface area (Å²) in [6, 6.07) is 5.29. The van der Waals surface area contributed by atoms with Crippen molar-refractivity contribution in [2.75, 3.05) is 0 Å². The highest BCUT2D eigenvalue weighted by molar-refractivity contribution is 9.10. The molecule has 0 N–H and O–H groups in total. The van der Waals surface area contributed by atoms with Crippen molar-refractivity contribution in [3.63, 3.8) is 0 Å². The molecule has 0 radical (unpaired) electrons. The second-order valence-corrected chi connectivity index (χ2v) is 5.55. The number of benzene rings is 1. The van der Waals surface area contributed by atoms with E-state index in [9.17, 15) is 9.18 Å². The van der Waals surface area contributed by atoms with Crippen molar-refractivity contribution in [1.29, 1.82) is 0 Å². The number of rotatable bonds is 3. The molecule has 98 valence electrons. The van der Waals surface area contributed by atoms with E-state index in [4.69, 9.17) is 4.74 Å². The molecule has 2 unspecified atom stereocenters. The Morgan fingerprint density at radius 1 is 1.61 bits per heavy atom. The number of carbonyl (C=O) groups is 1. The van der Waals surface area contributed by atoms with Crippen molar-refractivity contribution in [3.8, 4) is 0 Å². The zero-order valence-electron chi connectivity index (χ0n) is 10.5. The van der Waals surface area contributed by atoms with Gasteiger partial charge in [-0.25, -0.2) is 9.18 Å². The Bertz CT molecular complexity index is 475. The summed E-state index contributed by atoms with van der Waals surface area (Å²) >= 11 is 3.39. The molecule has 4 heteroatoms. The van der Waals surface area contributed by atoms with Crippen LogP contribution in [0.2, 0.25) is 0 Å². The predicted molar refractivity (Wildman–Crippen MR) is 71.1 cm³/mol. The highest BCUT2D eigenvalue weighted by atomic mass is 79.9. The number of carbonyl (C=O) groups excluding carboxylic acids is 1. The quantitative estimate of drug-likeness (QED) is 0.791. The molecular weight excluding hydrogens is 299 g/mol. The van der Waals surface area contributed by atoms with E-state index in [2.05, 4.69) is 15.9 Å². The maximum atomic E-state index is 14.9. The normalized spacial score (nSPS) is 23.6. The first-order chi connectivity index (χ1) is 8.49. The van der Waals surface area contributed by atoms with Gasteiger partial charge in [-0.2, -0.15) is 0 Å². The maximum Gasteiger partial charge on any atom is 0.348 e. The molecule has 0 spiro atoms. The summed E-state index contributed by atoms with van der Waals surface area (Å²) < 4.78 is 20.9. The number of ether oxygens (including phenoxy) is 1. The van der Waals surface area contributed by atoms with Gasteiger partial charge in [-0.1, -0.05) is 35.0 Å². The van der Waals surface area contributed by atoms with Crippen LogP contribution in [0.15, 0.2) is 22.7 Å². The first-order valence-corrected chi connectivity index (χ1v) is 6.96. The third-order valence-corrected chi connectivity index (χ3v) is 4.21. The third kappa shape index (κ3) is 2.18.